The molecule has 1 unspecified atom stereocenters. The lowest BCUT2D eigenvalue weighted by Gasteiger charge is -2.32. The number of benzene rings is 1. The van der Waals surface area contributed by atoms with Crippen molar-refractivity contribution in [2.24, 2.45) is 5.92 Å². The maximum absolute atomic E-state index is 10.7. The Hall–Kier alpha value is -0.820. The van der Waals surface area contributed by atoms with Crippen molar-refractivity contribution in [2.75, 3.05) is 0 Å². The summed E-state index contributed by atoms with van der Waals surface area (Å²) in [6.07, 6.45) is 0.750. The van der Waals surface area contributed by atoms with Gasteiger partial charge in [0, 0.05) is 0 Å². The molecule has 0 spiro atoms. The van der Waals surface area contributed by atoms with Crippen LogP contribution in [-0.4, -0.2) is 5.11 Å². The Morgan fingerprint density at radius 3 is 1.71 bits per heavy atom. The second kappa shape index (κ2) is 4.81. The third kappa shape index (κ3) is 2.90. The first kappa shape index (κ1) is 14.2. The zero-order valence-electron chi connectivity index (χ0n) is 12.0. The molecule has 0 aliphatic heterocycles. The Bertz CT molecular complexity index is 356. The molecule has 0 saturated carbocycles. The van der Waals surface area contributed by atoms with Crippen LogP contribution in [0.25, 0.3) is 0 Å². The smallest absolute Gasteiger partial charge is 0.0916 e. The molecule has 1 nitrogen and oxygen atoms in total. The lowest BCUT2D eigenvalue weighted by Crippen LogP contribution is -2.31. The first-order valence-electron chi connectivity index (χ1n) is 6.55. The van der Waals surface area contributed by atoms with Crippen LogP contribution in [0.3, 0.4) is 0 Å². The van der Waals surface area contributed by atoms with Gasteiger partial charge in [0.05, 0.1) is 5.60 Å². The second-order valence-corrected chi connectivity index (χ2v) is 6.26. The number of rotatable bonds is 3. The quantitative estimate of drug-likeness (QED) is 0.829. The van der Waals surface area contributed by atoms with Gasteiger partial charge in [-0.2, -0.15) is 0 Å². The summed E-state index contributed by atoms with van der Waals surface area (Å²) in [4.78, 5) is 0. The molecule has 0 aliphatic carbocycles. The summed E-state index contributed by atoms with van der Waals surface area (Å²) >= 11 is 0. The summed E-state index contributed by atoms with van der Waals surface area (Å²) in [6.45, 7) is 12.8. The molecule has 0 aliphatic rings. The molecule has 1 rings (SSSR count). The molecule has 0 heterocycles. The van der Waals surface area contributed by atoms with Gasteiger partial charge in [-0.05, 0) is 28.9 Å². The van der Waals surface area contributed by atoms with Crippen molar-refractivity contribution in [1.82, 2.24) is 0 Å². The Balaban J connectivity index is 3.10. The molecule has 0 radical (unpaired) electrons. The molecule has 1 aromatic carbocycles. The summed E-state index contributed by atoms with van der Waals surface area (Å²) in [6, 6.07) is 8.42. The van der Waals surface area contributed by atoms with Crippen molar-refractivity contribution in [3.63, 3.8) is 0 Å². The first-order valence-corrected chi connectivity index (χ1v) is 6.55. The van der Waals surface area contributed by atoms with Crippen LogP contribution in [0.15, 0.2) is 24.3 Å². The minimum Gasteiger partial charge on any atom is -0.385 e. The van der Waals surface area contributed by atoms with Crippen LogP contribution in [0.2, 0.25) is 0 Å². The first-order chi connectivity index (χ1) is 7.71. The summed E-state index contributed by atoms with van der Waals surface area (Å²) < 4.78 is 0. The van der Waals surface area contributed by atoms with Crippen molar-refractivity contribution in [2.45, 2.75) is 59.0 Å². The van der Waals surface area contributed by atoms with Crippen LogP contribution >= 0.6 is 0 Å². The third-order valence-corrected chi connectivity index (χ3v) is 3.74. The van der Waals surface area contributed by atoms with Gasteiger partial charge in [0.25, 0.3) is 0 Å². The van der Waals surface area contributed by atoms with Crippen molar-refractivity contribution >= 4 is 0 Å². The highest BCUT2D eigenvalue weighted by molar-refractivity contribution is 5.31. The molecule has 0 fully saturated rings. The van der Waals surface area contributed by atoms with E-state index >= 15 is 0 Å². The fourth-order valence-electron chi connectivity index (χ4n) is 2.20. The van der Waals surface area contributed by atoms with Gasteiger partial charge >= 0.3 is 0 Å². The number of hydrogen-bond acceptors (Lipinski definition) is 1. The summed E-state index contributed by atoms with van der Waals surface area (Å²) in [5, 5.41) is 10.7. The van der Waals surface area contributed by atoms with E-state index in [2.05, 4.69) is 58.9 Å². The van der Waals surface area contributed by atoms with E-state index in [0.29, 0.717) is 0 Å². The van der Waals surface area contributed by atoms with E-state index in [1.54, 1.807) is 0 Å². The molecule has 1 aromatic rings. The molecular formula is C16H26O. The molecule has 17 heavy (non-hydrogen) atoms. The highest BCUT2D eigenvalue weighted by Crippen LogP contribution is 2.34. The standard InChI is InChI=1S/C16H26O/c1-7-16(17,12(2)3)14-10-8-13(9-11-14)15(4,5)6/h8-12,17H,7H2,1-6H3. The zero-order valence-corrected chi connectivity index (χ0v) is 12.0. The van der Waals surface area contributed by atoms with Gasteiger partial charge in [0.2, 0.25) is 0 Å². The van der Waals surface area contributed by atoms with E-state index in [9.17, 15) is 5.11 Å². The minimum absolute atomic E-state index is 0.167. The highest BCUT2D eigenvalue weighted by Gasteiger charge is 2.31. The molecule has 0 bridgehead atoms. The molecule has 0 saturated heterocycles. The van der Waals surface area contributed by atoms with Gasteiger partial charge in [-0.1, -0.05) is 65.8 Å². The van der Waals surface area contributed by atoms with Gasteiger partial charge in [-0.15, -0.1) is 0 Å². The average Bonchev–Trinajstić information content (AvgIpc) is 2.26. The predicted octanol–water partition coefficient (Wildman–Crippen LogP) is 4.24. The molecule has 1 atom stereocenters. The molecule has 0 aromatic heterocycles. The average molecular weight is 234 g/mol. The van der Waals surface area contributed by atoms with Gasteiger partial charge in [0.15, 0.2) is 0 Å². The maximum atomic E-state index is 10.7. The summed E-state index contributed by atoms with van der Waals surface area (Å²) in [7, 11) is 0. The molecule has 1 heteroatoms. The Morgan fingerprint density at radius 2 is 1.41 bits per heavy atom. The lowest BCUT2D eigenvalue weighted by atomic mass is 9.79. The summed E-state index contributed by atoms with van der Waals surface area (Å²) in [5.74, 6) is 0.230. The van der Waals surface area contributed by atoms with Crippen LogP contribution in [0.5, 0.6) is 0 Å². The predicted molar refractivity (Wildman–Crippen MR) is 74.2 cm³/mol. The van der Waals surface area contributed by atoms with Gasteiger partial charge in [-0.3, -0.25) is 0 Å². The van der Waals surface area contributed by atoms with Crippen LogP contribution in [-0.2, 0) is 11.0 Å². The van der Waals surface area contributed by atoms with Crippen LogP contribution < -0.4 is 0 Å². The Kier molecular flexibility index (Phi) is 4.03. The zero-order chi connectivity index (χ0) is 13.3. The van der Waals surface area contributed by atoms with E-state index in [0.717, 1.165) is 12.0 Å². The van der Waals surface area contributed by atoms with Crippen molar-refractivity contribution < 1.29 is 5.11 Å². The van der Waals surface area contributed by atoms with E-state index < -0.39 is 5.60 Å². The fraction of sp³-hybridized carbons (Fsp3) is 0.625. The Labute approximate surface area is 106 Å². The van der Waals surface area contributed by atoms with E-state index in [1.165, 1.54) is 5.56 Å². The van der Waals surface area contributed by atoms with Gasteiger partial charge in [-0.25, -0.2) is 0 Å². The van der Waals surface area contributed by atoms with Crippen LogP contribution in [0.1, 0.15) is 59.1 Å². The SMILES string of the molecule is CCC(O)(c1ccc(C(C)(C)C)cc1)C(C)C. The van der Waals surface area contributed by atoms with Gasteiger partial charge in [0.1, 0.15) is 0 Å². The van der Waals surface area contributed by atoms with E-state index in [4.69, 9.17) is 0 Å². The number of hydrogen-bond donors (Lipinski definition) is 1. The largest absolute Gasteiger partial charge is 0.385 e. The lowest BCUT2D eigenvalue weighted by molar-refractivity contribution is -0.0140. The third-order valence-electron chi connectivity index (χ3n) is 3.74. The normalized spacial score (nSPS) is 16.0. The Morgan fingerprint density at radius 1 is 1.00 bits per heavy atom. The van der Waals surface area contributed by atoms with Crippen molar-refractivity contribution in [1.29, 1.82) is 0 Å². The van der Waals surface area contributed by atoms with E-state index in [1.807, 2.05) is 6.92 Å². The molecule has 1 N–H and O–H groups in total. The van der Waals surface area contributed by atoms with E-state index in [-0.39, 0.29) is 11.3 Å². The van der Waals surface area contributed by atoms with Crippen molar-refractivity contribution in [3.8, 4) is 0 Å². The topological polar surface area (TPSA) is 20.2 Å². The molecule has 0 amide bonds. The molecule has 96 valence electrons. The van der Waals surface area contributed by atoms with Crippen LogP contribution in [0.4, 0.5) is 0 Å². The minimum atomic E-state index is -0.698. The summed E-state index contributed by atoms with van der Waals surface area (Å²) in [5.41, 5.74) is 1.81. The fourth-order valence-corrected chi connectivity index (χ4v) is 2.20. The van der Waals surface area contributed by atoms with Crippen molar-refractivity contribution in [3.05, 3.63) is 35.4 Å². The van der Waals surface area contributed by atoms with Gasteiger partial charge < -0.3 is 5.11 Å². The monoisotopic (exact) mass is 234 g/mol. The molecular weight excluding hydrogens is 208 g/mol. The second-order valence-electron chi connectivity index (χ2n) is 6.26. The maximum Gasteiger partial charge on any atom is 0.0916 e. The number of aliphatic hydroxyl groups is 1. The van der Waals surface area contributed by atoms with Crippen LogP contribution in [0, 0.1) is 5.92 Å². The highest BCUT2D eigenvalue weighted by atomic mass is 16.3.